The summed E-state index contributed by atoms with van der Waals surface area (Å²) in [6, 6.07) is 20.7. The molecule has 6 heterocycles. The molecule has 2 aliphatic rings. The topological polar surface area (TPSA) is 117 Å². The van der Waals surface area contributed by atoms with Gasteiger partial charge in [0.15, 0.2) is 5.78 Å². The fourth-order valence-electron chi connectivity index (χ4n) is 8.17. The van der Waals surface area contributed by atoms with E-state index < -0.39 is 11.8 Å². The van der Waals surface area contributed by atoms with Gasteiger partial charge in [-0.05, 0) is 137 Å². The second-order valence-corrected chi connectivity index (χ2v) is 17.2. The van der Waals surface area contributed by atoms with Crippen molar-refractivity contribution < 1.29 is 4.79 Å². The van der Waals surface area contributed by atoms with Crippen LogP contribution in [0.15, 0.2) is 107 Å². The first kappa shape index (κ1) is 41.0. The van der Waals surface area contributed by atoms with Gasteiger partial charge in [0.1, 0.15) is 0 Å². The van der Waals surface area contributed by atoms with Crippen molar-refractivity contribution in [3.05, 3.63) is 165 Å². The zero-order chi connectivity index (χ0) is 42.1. The fourth-order valence-corrected chi connectivity index (χ4v) is 8.45. The Labute approximate surface area is 362 Å². The molecule has 2 aromatic carbocycles. The Bertz CT molecular complexity index is 2490. The third-order valence-electron chi connectivity index (χ3n) is 11.4. The second kappa shape index (κ2) is 17.4. The van der Waals surface area contributed by atoms with Gasteiger partial charge in [-0.1, -0.05) is 36.4 Å². The molecular weight excluding hydrogens is 785 g/mol. The number of nitrogens with zero attached hydrogens (tertiary/aromatic N) is 8. The Balaban J connectivity index is 1.08. The number of thiol groups is 2. The van der Waals surface area contributed by atoms with E-state index in [9.17, 15) is 0 Å². The molecule has 6 aromatic rings. The Kier molecular flexibility index (Phi) is 11.9. The van der Waals surface area contributed by atoms with Crippen LogP contribution in [-0.2, 0) is 17.9 Å². The molecule has 0 aliphatic carbocycles. The van der Waals surface area contributed by atoms with Gasteiger partial charge in [-0.25, -0.2) is 0 Å². The maximum atomic E-state index is 15.5. The van der Waals surface area contributed by atoms with Crippen LogP contribution in [0.2, 0.25) is 0 Å². The van der Waals surface area contributed by atoms with Crippen molar-refractivity contribution in [3.63, 3.8) is 0 Å². The number of aromatic nitrogens is 8. The number of hydrogen-bond acceptors (Lipinski definition) is 9. The van der Waals surface area contributed by atoms with Crippen molar-refractivity contribution in [1.29, 1.82) is 0 Å². The van der Waals surface area contributed by atoms with E-state index in [1.54, 1.807) is 0 Å². The summed E-state index contributed by atoms with van der Waals surface area (Å²) in [5, 5.41) is 25.1. The number of ketones is 1. The molecule has 60 heavy (non-hydrogen) atoms. The Hall–Kier alpha value is -5.79. The Morgan fingerprint density at radius 1 is 0.633 bits per heavy atom. The molecule has 0 spiro atoms. The number of nitrogens with one attached hydrogen (secondary N) is 2. The standard InChI is InChI=1S/C47H52N10OS2/c1-29-17-35(11-13-45(29)59)41(27-54-15-7-9-37(23-54)43-21-39(48-50-43)25-56-33(5)19-31(3)52-56)47(58)42(36-12-14-46(60)30(2)18-36)28-55-16-8-10-38(24-55)44-22-40(49-51-44)26-57-34(6)20-32(4)53-57/h7-8,11-24,41-42,59-60H,9-10,25-28H2,1-6H3,(H,48,50)(H,49,51). The lowest BCUT2D eigenvalue weighted by molar-refractivity contribution is -0.122. The number of hydrogen-bond donors (Lipinski definition) is 4. The molecule has 8 rings (SSSR count). The number of aryl methyl sites for hydroxylation is 6. The number of allylic oxidation sites excluding steroid dienone is 4. The fraction of sp³-hybridized carbons (Fsp3) is 0.298. The van der Waals surface area contributed by atoms with Crippen molar-refractivity contribution in [3.8, 4) is 0 Å². The highest BCUT2D eigenvalue weighted by molar-refractivity contribution is 7.80. The van der Waals surface area contributed by atoms with Crippen LogP contribution < -0.4 is 0 Å². The Morgan fingerprint density at radius 2 is 1.07 bits per heavy atom. The van der Waals surface area contributed by atoms with Crippen LogP contribution in [0, 0.1) is 41.5 Å². The number of carbonyl (C=O) groups is 1. The van der Waals surface area contributed by atoms with Gasteiger partial charge in [-0.3, -0.25) is 24.4 Å². The molecule has 308 valence electrons. The molecule has 11 nitrogen and oxygen atoms in total. The SMILES string of the molecule is Cc1cc(C)n(Cc2cc(C3=CN(CC(C(=O)C(CN4C=CCC(c5cc(Cn6nc(C)cc6C)[nH]n5)=C4)c4ccc(S)c(C)c4)c4ccc(S)c(C)c4)C=CC3)n[nH]2)n1. The first-order valence-corrected chi connectivity index (χ1v) is 21.3. The van der Waals surface area contributed by atoms with Crippen LogP contribution in [0.25, 0.3) is 11.1 Å². The third-order valence-corrected chi connectivity index (χ3v) is 12.4. The van der Waals surface area contributed by atoms with Gasteiger partial charge in [0, 0.05) is 46.7 Å². The van der Waals surface area contributed by atoms with E-state index in [0.29, 0.717) is 26.2 Å². The van der Waals surface area contributed by atoms with Crippen molar-refractivity contribution in [2.75, 3.05) is 13.1 Å². The molecule has 0 radical (unpaired) electrons. The molecule has 13 heteroatoms. The summed E-state index contributed by atoms with van der Waals surface area (Å²) in [6.45, 7) is 14.4. The zero-order valence-corrected chi connectivity index (χ0v) is 36.8. The third kappa shape index (κ3) is 9.17. The highest BCUT2D eigenvalue weighted by Crippen LogP contribution is 2.34. The summed E-state index contributed by atoms with van der Waals surface area (Å²) >= 11 is 9.39. The number of benzene rings is 2. The van der Waals surface area contributed by atoms with Gasteiger partial charge in [0.25, 0.3) is 0 Å². The summed E-state index contributed by atoms with van der Waals surface area (Å²) < 4.78 is 3.97. The minimum Gasteiger partial charge on any atom is -0.353 e. The monoisotopic (exact) mass is 836 g/mol. The molecule has 0 saturated heterocycles. The normalized spacial score (nSPS) is 15.1. The lowest BCUT2D eigenvalue weighted by Crippen LogP contribution is -2.34. The van der Waals surface area contributed by atoms with E-state index in [4.69, 9.17) is 35.5 Å². The van der Waals surface area contributed by atoms with Gasteiger partial charge in [0.05, 0.1) is 59.1 Å². The predicted molar refractivity (Wildman–Crippen MR) is 243 cm³/mol. The van der Waals surface area contributed by atoms with Crippen LogP contribution in [-0.4, -0.2) is 68.6 Å². The predicted octanol–water partition coefficient (Wildman–Crippen LogP) is 9.01. The Morgan fingerprint density at radius 3 is 1.45 bits per heavy atom. The lowest BCUT2D eigenvalue weighted by Gasteiger charge is -2.31. The summed E-state index contributed by atoms with van der Waals surface area (Å²) in [5.41, 5.74) is 14.0. The summed E-state index contributed by atoms with van der Waals surface area (Å²) in [4.78, 5) is 21.5. The average molecular weight is 837 g/mol. The first-order chi connectivity index (χ1) is 28.9. The molecule has 0 fully saturated rings. The summed E-state index contributed by atoms with van der Waals surface area (Å²) in [7, 11) is 0. The van der Waals surface area contributed by atoms with E-state index in [1.807, 2.05) is 61.3 Å². The number of aromatic amines is 2. The summed E-state index contributed by atoms with van der Waals surface area (Å²) in [6.07, 6.45) is 14.2. The molecular formula is C47H52N10OS2. The zero-order valence-electron chi connectivity index (χ0n) is 35.0. The molecule has 0 amide bonds. The first-order valence-electron chi connectivity index (χ1n) is 20.4. The van der Waals surface area contributed by atoms with Crippen LogP contribution in [0.3, 0.4) is 0 Å². The maximum Gasteiger partial charge on any atom is 0.151 e. The van der Waals surface area contributed by atoms with E-state index in [2.05, 4.69) is 117 Å². The largest absolute Gasteiger partial charge is 0.353 e. The number of carbonyl (C=O) groups excluding carboxylic acids is 1. The molecule has 2 atom stereocenters. The van der Waals surface area contributed by atoms with Crippen LogP contribution in [0.5, 0.6) is 0 Å². The van der Waals surface area contributed by atoms with Crippen LogP contribution in [0.1, 0.15) is 92.5 Å². The minimum atomic E-state index is -0.458. The number of H-pyrrole nitrogens is 2. The second-order valence-electron chi connectivity index (χ2n) is 16.2. The van der Waals surface area contributed by atoms with Gasteiger partial charge in [-0.2, -0.15) is 20.4 Å². The molecule has 2 N–H and O–H groups in total. The number of rotatable bonds is 14. The van der Waals surface area contributed by atoms with Gasteiger partial charge < -0.3 is 9.80 Å². The maximum absolute atomic E-state index is 15.5. The highest BCUT2D eigenvalue weighted by Gasteiger charge is 2.33. The minimum absolute atomic E-state index is 0.134. The van der Waals surface area contributed by atoms with E-state index in [1.165, 1.54) is 0 Å². The quantitative estimate of drug-likeness (QED) is 0.0810. The van der Waals surface area contributed by atoms with E-state index in [-0.39, 0.29) is 5.78 Å². The molecule has 0 bridgehead atoms. The van der Waals surface area contributed by atoms with E-state index >= 15 is 4.79 Å². The molecule has 2 unspecified atom stereocenters. The smallest absolute Gasteiger partial charge is 0.151 e. The molecule has 2 aliphatic heterocycles. The van der Waals surface area contributed by atoms with Gasteiger partial charge in [0.2, 0.25) is 0 Å². The van der Waals surface area contributed by atoms with Crippen LogP contribution >= 0.6 is 25.3 Å². The van der Waals surface area contributed by atoms with Crippen molar-refractivity contribution in [1.82, 2.24) is 49.8 Å². The van der Waals surface area contributed by atoms with Gasteiger partial charge in [-0.15, -0.1) is 25.3 Å². The summed E-state index contributed by atoms with van der Waals surface area (Å²) in [5.74, 6) is -0.783. The highest BCUT2D eigenvalue weighted by atomic mass is 32.1. The van der Waals surface area contributed by atoms with Gasteiger partial charge >= 0.3 is 0 Å². The van der Waals surface area contributed by atoms with E-state index in [0.717, 1.165) is 102 Å². The lowest BCUT2D eigenvalue weighted by atomic mass is 9.82. The average Bonchev–Trinajstić information content (AvgIpc) is 4.03. The molecule has 0 saturated carbocycles. The van der Waals surface area contributed by atoms with Crippen molar-refractivity contribution >= 4 is 42.2 Å². The molecule has 4 aromatic heterocycles. The van der Waals surface area contributed by atoms with Crippen LogP contribution in [0.4, 0.5) is 0 Å². The van der Waals surface area contributed by atoms with Crippen molar-refractivity contribution in [2.45, 2.75) is 89.1 Å². The van der Waals surface area contributed by atoms with Crippen molar-refractivity contribution in [2.24, 2.45) is 0 Å². The number of Topliss-reactive ketones (excluding diaryl/α,β-unsaturated/α-hetero) is 1.